The van der Waals surface area contributed by atoms with Gasteiger partial charge in [0.05, 0.1) is 12.0 Å². The topological polar surface area (TPSA) is 57.5 Å². The number of carbonyl (C=O) groups is 1. The normalized spacial score (nSPS) is 45.1. The Morgan fingerprint density at radius 2 is 1.93 bits per heavy atom. The number of aliphatic carboxylic acids is 1. The molecule has 0 spiro atoms. The summed E-state index contributed by atoms with van der Waals surface area (Å²) in [6.45, 7) is 4.23. The fourth-order valence-electron chi connectivity index (χ4n) is 3.20. The summed E-state index contributed by atoms with van der Waals surface area (Å²) in [6, 6.07) is 0. The summed E-state index contributed by atoms with van der Waals surface area (Å²) in [5, 5.41) is 18.8. The van der Waals surface area contributed by atoms with Gasteiger partial charge in [0.1, 0.15) is 0 Å². The van der Waals surface area contributed by atoms with Crippen molar-refractivity contribution in [2.45, 2.75) is 39.2 Å². The number of aliphatic hydroxyl groups is 1. The average Bonchev–Trinajstić information content (AvgIpc) is 1.94. The van der Waals surface area contributed by atoms with Gasteiger partial charge in [0.15, 0.2) is 0 Å². The summed E-state index contributed by atoms with van der Waals surface area (Å²) in [7, 11) is 0. The molecule has 3 heteroatoms. The minimum Gasteiger partial charge on any atom is -0.481 e. The van der Waals surface area contributed by atoms with E-state index < -0.39 is 5.97 Å². The molecule has 3 nitrogen and oxygen atoms in total. The van der Waals surface area contributed by atoms with E-state index in [1.807, 2.05) is 0 Å². The van der Waals surface area contributed by atoms with Crippen molar-refractivity contribution in [3.8, 4) is 0 Å². The van der Waals surface area contributed by atoms with Crippen LogP contribution in [0.15, 0.2) is 0 Å². The molecule has 80 valence electrons. The van der Waals surface area contributed by atoms with Crippen molar-refractivity contribution < 1.29 is 15.0 Å². The van der Waals surface area contributed by atoms with Gasteiger partial charge in [-0.2, -0.15) is 0 Å². The predicted molar refractivity (Wildman–Crippen MR) is 51.7 cm³/mol. The Kier molecular flexibility index (Phi) is 2.11. The number of aliphatic hydroxyl groups excluding tert-OH is 1. The zero-order chi connectivity index (χ0) is 10.5. The maximum absolute atomic E-state index is 10.9. The summed E-state index contributed by atoms with van der Waals surface area (Å²) >= 11 is 0. The first-order valence-electron chi connectivity index (χ1n) is 5.31. The number of hydrogen-bond donors (Lipinski definition) is 2. The molecule has 0 aromatic rings. The van der Waals surface area contributed by atoms with Crippen LogP contribution in [0.25, 0.3) is 0 Å². The molecule has 0 aromatic carbocycles. The lowest BCUT2D eigenvalue weighted by Crippen LogP contribution is -2.53. The molecule has 0 aromatic heterocycles. The Morgan fingerprint density at radius 3 is 2.50 bits per heavy atom. The first-order valence-corrected chi connectivity index (χ1v) is 5.31. The van der Waals surface area contributed by atoms with Gasteiger partial charge in [0.25, 0.3) is 0 Å². The molecule has 0 amide bonds. The van der Waals surface area contributed by atoms with Crippen molar-refractivity contribution >= 4 is 5.97 Å². The first-order chi connectivity index (χ1) is 6.41. The molecule has 4 unspecified atom stereocenters. The lowest BCUT2D eigenvalue weighted by Gasteiger charge is -2.53. The lowest BCUT2D eigenvalue weighted by atomic mass is 9.52. The molecule has 2 aliphatic carbocycles. The van der Waals surface area contributed by atoms with E-state index in [9.17, 15) is 9.90 Å². The van der Waals surface area contributed by atoms with Gasteiger partial charge in [0.2, 0.25) is 0 Å². The van der Waals surface area contributed by atoms with Gasteiger partial charge in [-0.15, -0.1) is 0 Å². The molecule has 0 bridgehead atoms. The minimum atomic E-state index is -0.684. The van der Waals surface area contributed by atoms with Crippen LogP contribution in [0, 0.1) is 23.2 Å². The summed E-state index contributed by atoms with van der Waals surface area (Å²) in [5.41, 5.74) is 0.106. The fourth-order valence-corrected chi connectivity index (χ4v) is 3.20. The van der Waals surface area contributed by atoms with Crippen LogP contribution >= 0.6 is 0 Å². The van der Waals surface area contributed by atoms with Gasteiger partial charge >= 0.3 is 5.97 Å². The third-order valence-corrected chi connectivity index (χ3v) is 3.95. The van der Waals surface area contributed by atoms with Crippen molar-refractivity contribution in [2.75, 3.05) is 0 Å². The van der Waals surface area contributed by atoms with Crippen molar-refractivity contribution in [1.29, 1.82) is 0 Å². The van der Waals surface area contributed by atoms with E-state index in [0.29, 0.717) is 6.42 Å². The van der Waals surface area contributed by atoms with Crippen molar-refractivity contribution in [1.82, 2.24) is 0 Å². The summed E-state index contributed by atoms with van der Waals surface area (Å²) in [6.07, 6.45) is 2.17. The largest absolute Gasteiger partial charge is 0.481 e. The van der Waals surface area contributed by atoms with E-state index in [4.69, 9.17) is 5.11 Å². The number of carboxylic acids is 1. The highest BCUT2D eigenvalue weighted by atomic mass is 16.4. The highest BCUT2D eigenvalue weighted by Gasteiger charge is 2.53. The second-order valence-electron chi connectivity index (χ2n) is 5.65. The molecule has 0 heterocycles. The van der Waals surface area contributed by atoms with Gasteiger partial charge in [-0.3, -0.25) is 4.79 Å². The maximum atomic E-state index is 10.9. The van der Waals surface area contributed by atoms with Crippen LogP contribution in [0.5, 0.6) is 0 Å². The Morgan fingerprint density at radius 1 is 1.29 bits per heavy atom. The number of carboxylic acid groups (broad SMARTS) is 1. The molecule has 0 aliphatic heterocycles. The van der Waals surface area contributed by atoms with Gasteiger partial charge in [-0.05, 0) is 36.5 Å². The van der Waals surface area contributed by atoms with Crippen LogP contribution in [0.3, 0.4) is 0 Å². The smallest absolute Gasteiger partial charge is 0.306 e. The molecule has 4 atom stereocenters. The summed E-state index contributed by atoms with van der Waals surface area (Å²) in [5.74, 6) is -0.416. The minimum absolute atomic E-state index is 0.106. The standard InChI is InChI=1S/C11H18O3/c1-11(2)4-8-6(9(12)5-11)3-7(8)10(13)14/h6-9,12H,3-5H2,1-2H3,(H,13,14). The van der Waals surface area contributed by atoms with Crippen LogP contribution in [-0.4, -0.2) is 22.3 Å². The zero-order valence-corrected chi connectivity index (χ0v) is 8.73. The zero-order valence-electron chi connectivity index (χ0n) is 8.73. The summed E-state index contributed by atoms with van der Waals surface area (Å²) in [4.78, 5) is 10.9. The van der Waals surface area contributed by atoms with E-state index in [1.165, 1.54) is 0 Å². The second-order valence-corrected chi connectivity index (χ2v) is 5.65. The molecular weight excluding hydrogens is 180 g/mol. The Hall–Kier alpha value is -0.570. The number of rotatable bonds is 1. The SMILES string of the molecule is CC1(C)CC(O)C2CC(C(=O)O)C2C1. The Labute approximate surface area is 84.1 Å². The lowest BCUT2D eigenvalue weighted by molar-refractivity contribution is -0.164. The Balaban J connectivity index is 2.09. The molecule has 2 rings (SSSR count). The third kappa shape index (κ3) is 1.44. The van der Waals surface area contributed by atoms with Crippen molar-refractivity contribution in [2.24, 2.45) is 23.2 Å². The van der Waals surface area contributed by atoms with Crippen LogP contribution in [0.1, 0.15) is 33.1 Å². The third-order valence-electron chi connectivity index (χ3n) is 3.95. The molecule has 14 heavy (non-hydrogen) atoms. The van der Waals surface area contributed by atoms with Crippen LogP contribution < -0.4 is 0 Å². The molecular formula is C11H18O3. The maximum Gasteiger partial charge on any atom is 0.306 e. The second kappa shape index (κ2) is 2.96. The van der Waals surface area contributed by atoms with Crippen LogP contribution in [0.4, 0.5) is 0 Å². The highest BCUT2D eigenvalue weighted by molar-refractivity contribution is 5.71. The van der Waals surface area contributed by atoms with Crippen LogP contribution in [0.2, 0.25) is 0 Å². The van der Waals surface area contributed by atoms with E-state index in [-0.39, 0.29) is 29.3 Å². The number of fused-ring (bicyclic) bond motifs is 1. The van der Waals surface area contributed by atoms with E-state index >= 15 is 0 Å². The molecule has 2 aliphatic rings. The number of hydrogen-bond acceptors (Lipinski definition) is 2. The molecule has 2 fully saturated rings. The van der Waals surface area contributed by atoms with Gasteiger partial charge in [-0.25, -0.2) is 0 Å². The summed E-state index contributed by atoms with van der Waals surface area (Å²) < 4.78 is 0. The van der Waals surface area contributed by atoms with Crippen molar-refractivity contribution in [3.63, 3.8) is 0 Å². The van der Waals surface area contributed by atoms with E-state index in [1.54, 1.807) is 0 Å². The highest BCUT2D eigenvalue weighted by Crippen LogP contribution is 2.54. The van der Waals surface area contributed by atoms with Gasteiger partial charge in [-0.1, -0.05) is 13.8 Å². The van der Waals surface area contributed by atoms with E-state index in [0.717, 1.165) is 12.8 Å². The predicted octanol–water partition coefficient (Wildman–Crippen LogP) is 1.50. The first kappa shape index (κ1) is 9.97. The van der Waals surface area contributed by atoms with Gasteiger partial charge < -0.3 is 10.2 Å². The van der Waals surface area contributed by atoms with Crippen molar-refractivity contribution in [3.05, 3.63) is 0 Å². The molecule has 0 radical (unpaired) electrons. The molecule has 0 saturated heterocycles. The Bertz CT molecular complexity index is 259. The quantitative estimate of drug-likeness (QED) is 0.671. The average molecular weight is 198 g/mol. The van der Waals surface area contributed by atoms with Gasteiger partial charge in [0, 0.05) is 0 Å². The molecule has 2 saturated carbocycles. The van der Waals surface area contributed by atoms with E-state index in [2.05, 4.69) is 13.8 Å². The fraction of sp³-hybridized carbons (Fsp3) is 0.909. The monoisotopic (exact) mass is 198 g/mol. The molecule has 2 N–H and O–H groups in total. The van der Waals surface area contributed by atoms with Crippen LogP contribution in [-0.2, 0) is 4.79 Å².